The molecule has 2 heteroatoms. The van der Waals surface area contributed by atoms with Crippen molar-refractivity contribution < 1.29 is 0 Å². The largest absolute Gasteiger partial charge is 0.375 e. The van der Waals surface area contributed by atoms with Crippen LogP contribution in [0.4, 0.5) is 0 Å². The average molecular weight is 131 g/mol. The van der Waals surface area contributed by atoms with Crippen molar-refractivity contribution in [2.45, 2.75) is 26.7 Å². The van der Waals surface area contributed by atoms with Gasteiger partial charge in [-0.2, -0.15) is 0 Å². The van der Waals surface area contributed by atoms with Gasteiger partial charge in [0.1, 0.15) is 0 Å². The van der Waals surface area contributed by atoms with Crippen molar-refractivity contribution in [2.24, 2.45) is 0 Å². The van der Waals surface area contributed by atoms with E-state index in [1.807, 2.05) is 6.20 Å². The van der Waals surface area contributed by atoms with Gasteiger partial charge in [0.2, 0.25) is 0 Å². The van der Waals surface area contributed by atoms with Gasteiger partial charge >= 0.3 is 0 Å². The molecule has 0 radical (unpaired) electrons. The highest BCUT2D eigenvalue weighted by atomic mass is 31.0. The molecule has 1 unspecified atom stereocenters. The fourth-order valence-electron chi connectivity index (χ4n) is 0.572. The van der Waals surface area contributed by atoms with E-state index in [9.17, 15) is 0 Å². The summed E-state index contributed by atoms with van der Waals surface area (Å²) in [5, 5.41) is 2.92. The molecule has 1 N–H and O–H groups in total. The molecule has 48 valence electrons. The van der Waals surface area contributed by atoms with Crippen molar-refractivity contribution in [3.8, 4) is 0 Å². The first-order valence-corrected chi connectivity index (χ1v) is 3.56. The van der Waals surface area contributed by atoms with E-state index in [1.165, 1.54) is 5.57 Å². The second kappa shape index (κ2) is 5.11. The topological polar surface area (TPSA) is 12.0 Å². The second-order valence-corrected chi connectivity index (χ2v) is 2.01. The highest BCUT2D eigenvalue weighted by Crippen LogP contribution is 2.02. The standard InChI is InChI=1S/C6H14NP/c1-3-6(4-2)5-7-8/h5,7H,3-4,8H2,1-2H3. The van der Waals surface area contributed by atoms with E-state index < -0.39 is 0 Å². The first-order valence-electron chi connectivity index (χ1n) is 2.99. The van der Waals surface area contributed by atoms with E-state index in [4.69, 9.17) is 0 Å². The Morgan fingerprint density at radius 3 is 2.12 bits per heavy atom. The first-order chi connectivity index (χ1) is 3.85. The summed E-state index contributed by atoms with van der Waals surface area (Å²) in [4.78, 5) is 0. The molecule has 0 bridgehead atoms. The zero-order valence-corrected chi connectivity index (χ0v) is 6.72. The van der Waals surface area contributed by atoms with Crippen molar-refractivity contribution in [3.63, 3.8) is 0 Å². The highest BCUT2D eigenvalue weighted by Gasteiger charge is 1.84. The minimum absolute atomic E-state index is 1.15. The Morgan fingerprint density at radius 1 is 1.50 bits per heavy atom. The fraction of sp³-hybridized carbons (Fsp3) is 0.667. The summed E-state index contributed by atoms with van der Waals surface area (Å²) < 4.78 is 0. The van der Waals surface area contributed by atoms with Crippen LogP contribution in [0.15, 0.2) is 11.8 Å². The Morgan fingerprint density at radius 2 is 2.00 bits per heavy atom. The monoisotopic (exact) mass is 131 g/mol. The molecule has 0 aliphatic heterocycles. The molecule has 0 rings (SSSR count). The zero-order chi connectivity index (χ0) is 6.41. The van der Waals surface area contributed by atoms with Gasteiger partial charge in [-0.3, -0.25) is 0 Å². The predicted octanol–water partition coefficient (Wildman–Crippen LogP) is 2.07. The third kappa shape index (κ3) is 3.04. The van der Waals surface area contributed by atoms with Gasteiger partial charge in [0.15, 0.2) is 0 Å². The third-order valence-electron chi connectivity index (χ3n) is 1.20. The summed E-state index contributed by atoms with van der Waals surface area (Å²) in [5.74, 6) is 0. The number of rotatable bonds is 3. The van der Waals surface area contributed by atoms with E-state index in [0.29, 0.717) is 0 Å². The van der Waals surface area contributed by atoms with Crippen LogP contribution in [0.2, 0.25) is 0 Å². The van der Waals surface area contributed by atoms with Crippen molar-refractivity contribution in [3.05, 3.63) is 11.8 Å². The van der Waals surface area contributed by atoms with Crippen LogP contribution in [-0.4, -0.2) is 0 Å². The lowest BCUT2D eigenvalue weighted by Crippen LogP contribution is -1.86. The molecule has 8 heavy (non-hydrogen) atoms. The summed E-state index contributed by atoms with van der Waals surface area (Å²) in [6.45, 7) is 4.33. The zero-order valence-electron chi connectivity index (χ0n) is 5.57. The normalized spacial score (nSPS) is 8.38. The van der Waals surface area contributed by atoms with E-state index in [-0.39, 0.29) is 0 Å². The summed E-state index contributed by atoms with van der Waals surface area (Å²) in [5.41, 5.74) is 1.46. The number of nitrogens with one attached hydrogen (secondary N) is 1. The molecule has 0 saturated carbocycles. The minimum atomic E-state index is 1.15. The van der Waals surface area contributed by atoms with E-state index >= 15 is 0 Å². The molecule has 0 amide bonds. The number of hydrogen-bond donors (Lipinski definition) is 1. The number of allylic oxidation sites excluding steroid dienone is 1. The fourth-order valence-corrected chi connectivity index (χ4v) is 0.808. The first kappa shape index (κ1) is 7.97. The van der Waals surface area contributed by atoms with Crippen LogP contribution in [0.3, 0.4) is 0 Å². The van der Waals surface area contributed by atoms with Crippen LogP contribution in [0, 0.1) is 0 Å². The lowest BCUT2D eigenvalue weighted by atomic mass is 10.2. The molecule has 1 atom stereocenters. The molecule has 1 nitrogen and oxygen atoms in total. The van der Waals surface area contributed by atoms with Crippen LogP contribution in [-0.2, 0) is 0 Å². The molecule has 0 fully saturated rings. The maximum absolute atomic E-state index is 2.92. The summed E-state index contributed by atoms with van der Waals surface area (Å²) in [7, 11) is 2.46. The Bertz CT molecular complexity index is 72.6. The van der Waals surface area contributed by atoms with Crippen molar-refractivity contribution >= 4 is 9.39 Å². The maximum Gasteiger partial charge on any atom is -0.00156 e. The van der Waals surface area contributed by atoms with Gasteiger partial charge in [-0.25, -0.2) is 0 Å². The Hall–Kier alpha value is -0.0300. The van der Waals surface area contributed by atoms with E-state index in [2.05, 4.69) is 28.3 Å². The van der Waals surface area contributed by atoms with Crippen molar-refractivity contribution in [2.75, 3.05) is 0 Å². The average Bonchev–Trinajstić information content (AvgIpc) is 1.83. The van der Waals surface area contributed by atoms with E-state index in [1.54, 1.807) is 0 Å². The lowest BCUT2D eigenvalue weighted by molar-refractivity contribution is 0.962. The van der Waals surface area contributed by atoms with Gasteiger partial charge in [0.05, 0.1) is 0 Å². The maximum atomic E-state index is 2.92. The van der Waals surface area contributed by atoms with Crippen LogP contribution < -0.4 is 5.09 Å². The third-order valence-corrected chi connectivity index (χ3v) is 1.36. The smallest absolute Gasteiger partial charge is 0.00156 e. The molecule has 0 saturated heterocycles. The van der Waals surface area contributed by atoms with Crippen LogP contribution in [0.25, 0.3) is 0 Å². The van der Waals surface area contributed by atoms with Crippen molar-refractivity contribution in [1.29, 1.82) is 0 Å². The van der Waals surface area contributed by atoms with Gasteiger partial charge in [0, 0.05) is 0 Å². The Balaban J connectivity index is 3.49. The molecule has 0 aromatic heterocycles. The van der Waals surface area contributed by atoms with Gasteiger partial charge in [0.25, 0.3) is 0 Å². The van der Waals surface area contributed by atoms with Crippen LogP contribution in [0.1, 0.15) is 26.7 Å². The van der Waals surface area contributed by atoms with Crippen molar-refractivity contribution in [1.82, 2.24) is 5.09 Å². The van der Waals surface area contributed by atoms with Crippen LogP contribution >= 0.6 is 9.39 Å². The van der Waals surface area contributed by atoms with Gasteiger partial charge in [-0.05, 0) is 28.4 Å². The molecule has 0 aliphatic carbocycles. The molecule has 0 aromatic carbocycles. The lowest BCUT2D eigenvalue weighted by Gasteiger charge is -1.96. The second-order valence-electron chi connectivity index (χ2n) is 1.68. The predicted molar refractivity (Wildman–Crippen MR) is 41.5 cm³/mol. The Kier molecular flexibility index (Phi) is 5.09. The summed E-state index contributed by atoms with van der Waals surface area (Å²) >= 11 is 0. The summed E-state index contributed by atoms with van der Waals surface area (Å²) in [6, 6.07) is 0. The highest BCUT2D eigenvalue weighted by molar-refractivity contribution is 7.13. The quantitative estimate of drug-likeness (QED) is 0.578. The molecule has 0 spiro atoms. The molecule has 0 aliphatic rings. The summed E-state index contributed by atoms with van der Waals surface area (Å²) in [6.07, 6.45) is 4.33. The van der Waals surface area contributed by atoms with Crippen LogP contribution in [0.5, 0.6) is 0 Å². The molecular weight excluding hydrogens is 117 g/mol. The Labute approximate surface area is 53.8 Å². The van der Waals surface area contributed by atoms with E-state index in [0.717, 1.165) is 12.8 Å². The molecule has 0 aromatic rings. The van der Waals surface area contributed by atoms with Gasteiger partial charge in [-0.1, -0.05) is 19.4 Å². The van der Waals surface area contributed by atoms with Gasteiger partial charge < -0.3 is 5.09 Å². The SMILES string of the molecule is CCC(=CNP)CC. The number of hydrogen-bond acceptors (Lipinski definition) is 1. The molecule has 0 heterocycles. The minimum Gasteiger partial charge on any atom is -0.375 e. The molecular formula is C6H14NP. The van der Waals surface area contributed by atoms with Gasteiger partial charge in [-0.15, -0.1) is 0 Å².